The van der Waals surface area contributed by atoms with Gasteiger partial charge in [0.15, 0.2) is 0 Å². The predicted molar refractivity (Wildman–Crippen MR) is 66.9 cm³/mol. The van der Waals surface area contributed by atoms with Crippen molar-refractivity contribution >= 4 is 17.3 Å². The van der Waals surface area contributed by atoms with E-state index in [1.165, 1.54) is 12.5 Å². The number of carbonyl (C=O) groups is 1. The summed E-state index contributed by atoms with van der Waals surface area (Å²) in [7, 11) is 0. The molecule has 92 valence electrons. The summed E-state index contributed by atoms with van der Waals surface area (Å²) in [6.07, 6.45) is 3.51. The minimum Gasteiger partial charge on any atom is -0.478 e. The summed E-state index contributed by atoms with van der Waals surface area (Å²) in [5, 5.41) is 11.1. The largest absolute Gasteiger partial charge is 0.478 e. The van der Waals surface area contributed by atoms with Crippen molar-refractivity contribution in [2.24, 2.45) is 0 Å². The molecule has 0 spiro atoms. The molecule has 4 N–H and O–H groups in total. The number of anilines is 2. The fraction of sp³-hybridized carbons (Fsp3) is 0.417. The van der Waals surface area contributed by atoms with Gasteiger partial charge in [-0.1, -0.05) is 6.42 Å². The van der Waals surface area contributed by atoms with E-state index in [1.54, 1.807) is 12.1 Å². The Hall–Kier alpha value is -1.75. The number of benzene rings is 1. The van der Waals surface area contributed by atoms with Crippen LogP contribution in [0, 0.1) is 0 Å². The molecule has 5 heteroatoms. The highest BCUT2D eigenvalue weighted by molar-refractivity contribution is 5.94. The summed E-state index contributed by atoms with van der Waals surface area (Å²) in [6.45, 7) is 1.88. The number of hydrazine groups is 1. The molecule has 17 heavy (non-hydrogen) atoms. The Labute approximate surface area is 100 Å². The Bertz CT molecular complexity index is 414. The van der Waals surface area contributed by atoms with E-state index in [0.717, 1.165) is 25.9 Å². The highest BCUT2D eigenvalue weighted by Gasteiger charge is 2.14. The number of hydrogen-bond donors (Lipinski definition) is 3. The van der Waals surface area contributed by atoms with Crippen LogP contribution in [0.1, 0.15) is 29.6 Å². The van der Waals surface area contributed by atoms with E-state index in [4.69, 9.17) is 10.8 Å². The Balaban J connectivity index is 2.17. The van der Waals surface area contributed by atoms with Gasteiger partial charge >= 0.3 is 5.97 Å². The van der Waals surface area contributed by atoms with Crippen LogP contribution in [0.2, 0.25) is 0 Å². The zero-order valence-corrected chi connectivity index (χ0v) is 9.65. The molecule has 1 aliphatic heterocycles. The topological polar surface area (TPSA) is 78.6 Å². The van der Waals surface area contributed by atoms with Crippen LogP contribution in [0.3, 0.4) is 0 Å². The summed E-state index contributed by atoms with van der Waals surface area (Å²) in [6, 6.07) is 4.80. The van der Waals surface area contributed by atoms with Crippen molar-refractivity contribution in [3.05, 3.63) is 23.8 Å². The van der Waals surface area contributed by atoms with Gasteiger partial charge in [0, 0.05) is 18.8 Å². The average molecular weight is 235 g/mol. The van der Waals surface area contributed by atoms with Gasteiger partial charge in [-0.05, 0) is 31.0 Å². The molecule has 0 aromatic heterocycles. The maximum absolute atomic E-state index is 11.1. The zero-order valence-electron chi connectivity index (χ0n) is 9.65. The van der Waals surface area contributed by atoms with E-state index in [1.807, 2.05) is 5.01 Å². The molecule has 1 saturated heterocycles. The Morgan fingerprint density at radius 1 is 1.29 bits per heavy atom. The molecule has 0 saturated carbocycles. The van der Waals surface area contributed by atoms with Gasteiger partial charge in [-0.25, -0.2) is 9.80 Å². The van der Waals surface area contributed by atoms with Gasteiger partial charge in [0.2, 0.25) is 0 Å². The molecule has 0 radical (unpaired) electrons. The predicted octanol–water partition coefficient (Wildman–Crippen LogP) is 1.78. The molecule has 1 aromatic rings. The summed E-state index contributed by atoms with van der Waals surface area (Å²) in [4.78, 5) is 11.1. The van der Waals surface area contributed by atoms with E-state index in [9.17, 15) is 4.79 Å². The third-order valence-electron chi connectivity index (χ3n) is 2.91. The Morgan fingerprint density at radius 3 is 2.65 bits per heavy atom. The van der Waals surface area contributed by atoms with Crippen LogP contribution in [0.5, 0.6) is 0 Å². The maximum atomic E-state index is 11.1. The molecular weight excluding hydrogens is 218 g/mol. The molecule has 1 fully saturated rings. The lowest BCUT2D eigenvalue weighted by Gasteiger charge is -2.28. The smallest absolute Gasteiger partial charge is 0.337 e. The molecule has 0 aliphatic carbocycles. The fourth-order valence-electron chi connectivity index (χ4n) is 2.02. The summed E-state index contributed by atoms with van der Waals surface area (Å²) < 4.78 is 0. The van der Waals surface area contributed by atoms with Crippen LogP contribution >= 0.6 is 0 Å². The van der Waals surface area contributed by atoms with Gasteiger partial charge < -0.3 is 16.3 Å². The number of carboxylic acids is 1. The molecule has 1 aliphatic rings. The van der Waals surface area contributed by atoms with Crippen LogP contribution in [0.25, 0.3) is 0 Å². The molecule has 1 heterocycles. The summed E-state index contributed by atoms with van der Waals surface area (Å²) >= 11 is 0. The van der Waals surface area contributed by atoms with E-state index in [-0.39, 0.29) is 5.56 Å². The van der Waals surface area contributed by atoms with E-state index in [2.05, 4.69) is 5.43 Å². The van der Waals surface area contributed by atoms with Gasteiger partial charge in [0.05, 0.1) is 11.3 Å². The standard InChI is InChI=1S/C12H17N3O2/c13-9-4-5-10(12(16)17)11(8-9)14-15-6-2-1-3-7-15/h4-5,8,14H,1-3,6-7,13H2,(H,16,17). The van der Waals surface area contributed by atoms with Crippen molar-refractivity contribution in [1.29, 1.82) is 0 Å². The number of aromatic carboxylic acids is 1. The first-order chi connectivity index (χ1) is 8.16. The second-order valence-corrected chi connectivity index (χ2v) is 4.27. The fourth-order valence-corrected chi connectivity index (χ4v) is 2.02. The first-order valence-corrected chi connectivity index (χ1v) is 5.81. The number of nitrogen functional groups attached to an aromatic ring is 1. The van der Waals surface area contributed by atoms with Crippen LogP contribution < -0.4 is 11.2 Å². The lowest BCUT2D eigenvalue weighted by Crippen LogP contribution is -2.35. The first-order valence-electron chi connectivity index (χ1n) is 5.81. The molecule has 0 unspecified atom stereocenters. The molecule has 0 amide bonds. The second-order valence-electron chi connectivity index (χ2n) is 4.27. The van der Waals surface area contributed by atoms with Gasteiger partial charge in [0.25, 0.3) is 0 Å². The molecule has 0 bridgehead atoms. The van der Waals surface area contributed by atoms with E-state index < -0.39 is 5.97 Å². The third-order valence-corrected chi connectivity index (χ3v) is 2.91. The first kappa shape index (κ1) is 11.7. The number of rotatable bonds is 3. The van der Waals surface area contributed by atoms with Crippen molar-refractivity contribution in [1.82, 2.24) is 5.01 Å². The second kappa shape index (κ2) is 5.05. The molecule has 1 aromatic carbocycles. The molecular formula is C12H17N3O2. The van der Waals surface area contributed by atoms with Gasteiger partial charge in [-0.15, -0.1) is 0 Å². The molecule has 0 atom stereocenters. The quantitative estimate of drug-likeness (QED) is 0.696. The van der Waals surface area contributed by atoms with Crippen molar-refractivity contribution < 1.29 is 9.90 Å². The number of piperidine rings is 1. The van der Waals surface area contributed by atoms with Crippen molar-refractivity contribution in [2.75, 3.05) is 24.2 Å². The minimum absolute atomic E-state index is 0.254. The number of nitrogens with zero attached hydrogens (tertiary/aromatic N) is 1. The number of carboxylic acid groups (broad SMARTS) is 1. The summed E-state index contributed by atoms with van der Waals surface area (Å²) in [5.41, 5.74) is 10.2. The maximum Gasteiger partial charge on any atom is 0.337 e. The van der Waals surface area contributed by atoms with Crippen molar-refractivity contribution in [2.45, 2.75) is 19.3 Å². The number of nitrogens with two attached hydrogens (primary N) is 1. The van der Waals surface area contributed by atoms with Gasteiger partial charge in [-0.3, -0.25) is 0 Å². The van der Waals surface area contributed by atoms with E-state index >= 15 is 0 Å². The molecule has 2 rings (SSSR count). The van der Waals surface area contributed by atoms with Crippen LogP contribution in [-0.4, -0.2) is 29.2 Å². The minimum atomic E-state index is -0.940. The third kappa shape index (κ3) is 2.88. The van der Waals surface area contributed by atoms with Crippen molar-refractivity contribution in [3.63, 3.8) is 0 Å². The Kier molecular flexibility index (Phi) is 3.49. The van der Waals surface area contributed by atoms with Gasteiger partial charge in [-0.2, -0.15) is 0 Å². The number of nitrogens with one attached hydrogen (secondary N) is 1. The highest BCUT2D eigenvalue weighted by Crippen LogP contribution is 2.21. The average Bonchev–Trinajstić information content (AvgIpc) is 2.30. The van der Waals surface area contributed by atoms with Crippen LogP contribution in [-0.2, 0) is 0 Å². The monoisotopic (exact) mass is 235 g/mol. The van der Waals surface area contributed by atoms with Crippen LogP contribution in [0.4, 0.5) is 11.4 Å². The van der Waals surface area contributed by atoms with E-state index in [0.29, 0.717) is 11.4 Å². The lowest BCUT2D eigenvalue weighted by molar-refractivity contribution is 0.0697. The lowest BCUT2D eigenvalue weighted by atomic mass is 10.1. The summed E-state index contributed by atoms with van der Waals surface area (Å²) in [5.74, 6) is -0.940. The normalized spacial score (nSPS) is 16.7. The molecule has 5 nitrogen and oxygen atoms in total. The van der Waals surface area contributed by atoms with Crippen LogP contribution in [0.15, 0.2) is 18.2 Å². The van der Waals surface area contributed by atoms with Crippen molar-refractivity contribution in [3.8, 4) is 0 Å². The Morgan fingerprint density at radius 2 is 2.00 bits per heavy atom. The highest BCUT2D eigenvalue weighted by atomic mass is 16.4. The SMILES string of the molecule is Nc1ccc(C(=O)O)c(NN2CCCCC2)c1. The number of hydrogen-bond acceptors (Lipinski definition) is 4. The van der Waals surface area contributed by atoms with Gasteiger partial charge in [0.1, 0.15) is 0 Å². The zero-order chi connectivity index (χ0) is 12.3.